The molecule has 35 heavy (non-hydrogen) atoms. The molecule has 2 amide bonds. The van der Waals surface area contributed by atoms with Gasteiger partial charge in [-0.1, -0.05) is 42.5 Å². The number of fused-ring (bicyclic) bond motifs is 1. The van der Waals surface area contributed by atoms with Gasteiger partial charge in [0.1, 0.15) is 0 Å². The molecule has 3 aromatic carbocycles. The van der Waals surface area contributed by atoms with Crippen LogP contribution in [0.4, 0.5) is 11.4 Å². The number of aryl methyl sites for hydroxylation is 1. The number of hydrogen-bond donors (Lipinski definition) is 1. The highest BCUT2D eigenvalue weighted by Gasteiger charge is 2.22. The molecular formula is C28H30ClN3O2S. The number of carbonyl (C=O) groups excluding carboxylic acids is 2. The molecule has 2 heterocycles. The largest absolute Gasteiger partial charge is 0.322 e. The summed E-state index contributed by atoms with van der Waals surface area (Å²) in [7, 11) is 1.79. The predicted molar refractivity (Wildman–Crippen MR) is 148 cm³/mol. The van der Waals surface area contributed by atoms with Gasteiger partial charge in [-0.05, 0) is 52.9 Å². The Bertz CT molecular complexity index is 1210. The van der Waals surface area contributed by atoms with Crippen LogP contribution in [0.5, 0.6) is 0 Å². The molecule has 0 spiro atoms. The van der Waals surface area contributed by atoms with E-state index in [0.717, 1.165) is 48.8 Å². The first-order valence-electron chi connectivity index (χ1n) is 11.8. The van der Waals surface area contributed by atoms with E-state index in [1.165, 1.54) is 16.7 Å². The van der Waals surface area contributed by atoms with E-state index >= 15 is 0 Å². The second-order valence-corrected chi connectivity index (χ2v) is 10.1. The highest BCUT2D eigenvalue weighted by molar-refractivity contribution is 7.99. The molecule has 0 radical (unpaired) electrons. The lowest BCUT2D eigenvalue weighted by Crippen LogP contribution is -2.32. The maximum absolute atomic E-state index is 13.2. The molecule has 0 atom stereocenters. The van der Waals surface area contributed by atoms with Crippen LogP contribution in [0.15, 0.2) is 66.7 Å². The van der Waals surface area contributed by atoms with E-state index in [9.17, 15) is 9.59 Å². The summed E-state index contributed by atoms with van der Waals surface area (Å²) in [5, 5.41) is 3.04. The lowest BCUT2D eigenvalue weighted by Gasteiger charge is -2.27. The predicted octanol–water partition coefficient (Wildman–Crippen LogP) is 5.49. The van der Waals surface area contributed by atoms with Gasteiger partial charge in [-0.3, -0.25) is 14.5 Å². The molecule has 5 rings (SSSR count). The van der Waals surface area contributed by atoms with Gasteiger partial charge >= 0.3 is 0 Å². The summed E-state index contributed by atoms with van der Waals surface area (Å²) in [5.74, 6) is 2.26. The molecule has 0 saturated carbocycles. The maximum Gasteiger partial charge on any atom is 0.255 e. The fraction of sp³-hybridized carbons (Fsp3) is 0.286. The summed E-state index contributed by atoms with van der Waals surface area (Å²) in [6.45, 7) is 2.96. The van der Waals surface area contributed by atoms with E-state index in [0.29, 0.717) is 17.7 Å². The van der Waals surface area contributed by atoms with Gasteiger partial charge in [0.15, 0.2) is 0 Å². The smallest absolute Gasteiger partial charge is 0.255 e. The van der Waals surface area contributed by atoms with Crippen molar-refractivity contribution in [3.63, 3.8) is 0 Å². The summed E-state index contributed by atoms with van der Waals surface area (Å²) in [6.07, 6.45) is 1.27. The van der Waals surface area contributed by atoms with E-state index in [-0.39, 0.29) is 24.2 Å². The van der Waals surface area contributed by atoms with Gasteiger partial charge in [-0.25, -0.2) is 0 Å². The number of amides is 2. The van der Waals surface area contributed by atoms with Crippen LogP contribution in [0, 0.1) is 0 Å². The number of halogens is 1. The fourth-order valence-electron chi connectivity index (χ4n) is 4.68. The molecular weight excluding hydrogens is 478 g/mol. The number of anilines is 2. The molecule has 182 valence electrons. The molecule has 2 aliphatic rings. The summed E-state index contributed by atoms with van der Waals surface area (Å²) < 4.78 is 0. The molecule has 1 N–H and O–H groups in total. The Balaban J connectivity index is 0.00000289. The zero-order valence-electron chi connectivity index (χ0n) is 19.8. The lowest BCUT2D eigenvalue weighted by molar-refractivity contribution is -0.118. The average Bonchev–Trinajstić information content (AvgIpc) is 2.87. The first kappa shape index (κ1) is 25.3. The van der Waals surface area contributed by atoms with Crippen molar-refractivity contribution in [3.05, 3.63) is 83.4 Å². The molecule has 3 aromatic rings. The van der Waals surface area contributed by atoms with E-state index in [4.69, 9.17) is 0 Å². The van der Waals surface area contributed by atoms with Crippen molar-refractivity contribution >= 4 is 47.4 Å². The molecule has 0 bridgehead atoms. The Hall–Kier alpha value is -2.80. The van der Waals surface area contributed by atoms with Crippen molar-refractivity contribution in [3.8, 4) is 11.1 Å². The number of carbonyl (C=O) groups is 2. The van der Waals surface area contributed by atoms with Crippen LogP contribution in [-0.4, -0.2) is 48.4 Å². The van der Waals surface area contributed by atoms with Crippen molar-refractivity contribution < 1.29 is 9.59 Å². The van der Waals surface area contributed by atoms with Gasteiger partial charge in [0.05, 0.1) is 0 Å². The van der Waals surface area contributed by atoms with Gasteiger partial charge < -0.3 is 10.2 Å². The maximum atomic E-state index is 13.2. The minimum absolute atomic E-state index is 0. The number of benzene rings is 3. The number of nitrogens with one attached hydrogen (secondary N) is 1. The molecule has 1 fully saturated rings. The van der Waals surface area contributed by atoms with Gasteiger partial charge in [0.25, 0.3) is 5.91 Å². The quantitative estimate of drug-likeness (QED) is 0.496. The van der Waals surface area contributed by atoms with Crippen LogP contribution in [0.25, 0.3) is 11.1 Å². The standard InChI is InChI=1S/C28H29N3O2S.ClH/c1-30-26-18-24(10-7-21(26)9-12-27(30)32)29-28(33)22-8-11-25(20-5-3-2-4-6-20)23(17-22)19-31-13-15-34-16-14-31;/h2-8,10-11,17-18H,9,12-16,19H2,1H3,(H,29,33);1H. The van der Waals surface area contributed by atoms with Crippen LogP contribution in [-0.2, 0) is 17.8 Å². The molecule has 2 aliphatic heterocycles. The van der Waals surface area contributed by atoms with Crippen LogP contribution in [0.1, 0.15) is 27.9 Å². The third kappa shape index (κ3) is 5.72. The van der Waals surface area contributed by atoms with Crippen LogP contribution >= 0.6 is 24.2 Å². The third-order valence-corrected chi connectivity index (χ3v) is 7.58. The first-order valence-corrected chi connectivity index (χ1v) is 12.9. The van der Waals surface area contributed by atoms with Crippen molar-refractivity contribution in [1.29, 1.82) is 0 Å². The highest BCUT2D eigenvalue weighted by atomic mass is 35.5. The Morgan fingerprint density at radius 1 is 0.971 bits per heavy atom. The van der Waals surface area contributed by atoms with E-state index < -0.39 is 0 Å². The van der Waals surface area contributed by atoms with Crippen molar-refractivity contribution in [2.24, 2.45) is 0 Å². The number of hydrogen-bond acceptors (Lipinski definition) is 4. The third-order valence-electron chi connectivity index (χ3n) is 6.64. The number of rotatable bonds is 5. The first-order chi connectivity index (χ1) is 16.6. The molecule has 0 unspecified atom stereocenters. The average molecular weight is 508 g/mol. The second-order valence-electron chi connectivity index (χ2n) is 8.88. The van der Waals surface area contributed by atoms with Gasteiger partial charge in [0, 0.05) is 61.5 Å². The lowest BCUT2D eigenvalue weighted by atomic mass is 9.96. The minimum Gasteiger partial charge on any atom is -0.322 e. The molecule has 0 aromatic heterocycles. The van der Waals surface area contributed by atoms with Crippen LogP contribution in [0.3, 0.4) is 0 Å². The van der Waals surface area contributed by atoms with Crippen molar-refractivity contribution in [2.75, 3.05) is 41.9 Å². The van der Waals surface area contributed by atoms with E-state index in [1.807, 2.05) is 48.2 Å². The van der Waals surface area contributed by atoms with E-state index in [1.54, 1.807) is 11.9 Å². The van der Waals surface area contributed by atoms with Crippen LogP contribution in [0.2, 0.25) is 0 Å². The van der Waals surface area contributed by atoms with Gasteiger partial charge in [0.2, 0.25) is 5.91 Å². The summed E-state index contributed by atoms with van der Waals surface area (Å²) in [4.78, 5) is 29.5. The zero-order valence-corrected chi connectivity index (χ0v) is 21.5. The van der Waals surface area contributed by atoms with E-state index in [2.05, 4.69) is 40.5 Å². The Morgan fingerprint density at radius 3 is 2.51 bits per heavy atom. The highest BCUT2D eigenvalue weighted by Crippen LogP contribution is 2.31. The topological polar surface area (TPSA) is 52.7 Å². The zero-order chi connectivity index (χ0) is 23.5. The Morgan fingerprint density at radius 2 is 1.74 bits per heavy atom. The minimum atomic E-state index is -0.139. The van der Waals surface area contributed by atoms with Crippen LogP contribution < -0.4 is 10.2 Å². The number of thioether (sulfide) groups is 1. The van der Waals surface area contributed by atoms with Gasteiger partial charge in [-0.15, -0.1) is 12.4 Å². The monoisotopic (exact) mass is 507 g/mol. The SMILES string of the molecule is CN1C(=O)CCc2ccc(NC(=O)c3ccc(-c4ccccc4)c(CN4CCSCC4)c3)cc21.Cl. The summed E-state index contributed by atoms with van der Waals surface area (Å²) >= 11 is 2.00. The second kappa shape index (κ2) is 11.3. The molecule has 7 heteroatoms. The molecule has 1 saturated heterocycles. The molecule has 5 nitrogen and oxygen atoms in total. The fourth-order valence-corrected chi connectivity index (χ4v) is 5.66. The molecule has 0 aliphatic carbocycles. The Labute approximate surface area is 217 Å². The van der Waals surface area contributed by atoms with Crippen molar-refractivity contribution in [1.82, 2.24) is 4.90 Å². The Kier molecular flexibility index (Phi) is 8.16. The van der Waals surface area contributed by atoms with Gasteiger partial charge in [-0.2, -0.15) is 11.8 Å². The normalized spacial score (nSPS) is 15.8. The van der Waals surface area contributed by atoms with Crippen molar-refractivity contribution in [2.45, 2.75) is 19.4 Å². The summed E-state index contributed by atoms with van der Waals surface area (Å²) in [6, 6.07) is 22.2. The number of nitrogens with zero attached hydrogens (tertiary/aromatic N) is 2. The summed E-state index contributed by atoms with van der Waals surface area (Å²) in [5.41, 5.74) is 6.85.